The van der Waals surface area contributed by atoms with Crippen molar-refractivity contribution >= 4 is 5.69 Å². The number of hydrogen-bond donors (Lipinski definition) is 1. The number of hydrogen-bond acceptors (Lipinski definition) is 5. The number of rotatable bonds is 3. The number of ether oxygens (including phenoxy) is 1. The van der Waals surface area contributed by atoms with Crippen LogP contribution in [0.25, 0.3) is 0 Å². The van der Waals surface area contributed by atoms with Crippen molar-refractivity contribution in [3.8, 4) is 11.8 Å². The summed E-state index contributed by atoms with van der Waals surface area (Å²) in [5.41, 5.74) is 5.69. The van der Waals surface area contributed by atoms with Crippen LogP contribution >= 0.6 is 0 Å². The Labute approximate surface area is 110 Å². The maximum Gasteiger partial charge on any atom is 0.328 e. The Kier molecular flexibility index (Phi) is 3.97. The van der Waals surface area contributed by atoms with Crippen LogP contribution in [0, 0.1) is 21.4 Å². The second kappa shape index (κ2) is 5.67. The van der Waals surface area contributed by atoms with Crippen molar-refractivity contribution < 1.29 is 9.66 Å². The standard InChI is InChI=1S/C13H15N3O3/c14-8-9-4-3-7-12(13(9)16(17)18)19-11-6-2-1-5-10(11)15/h3-4,7,10-11H,1-2,5-6,15H2. The van der Waals surface area contributed by atoms with Crippen LogP contribution in [0.4, 0.5) is 5.69 Å². The van der Waals surface area contributed by atoms with Gasteiger partial charge >= 0.3 is 5.69 Å². The van der Waals surface area contributed by atoms with E-state index in [-0.39, 0.29) is 29.1 Å². The molecule has 2 N–H and O–H groups in total. The second-order valence-electron chi connectivity index (χ2n) is 4.63. The first-order valence-corrected chi connectivity index (χ1v) is 6.23. The molecule has 1 saturated carbocycles. The Balaban J connectivity index is 2.29. The number of nitrogens with zero attached hydrogens (tertiary/aromatic N) is 2. The number of benzene rings is 1. The highest BCUT2D eigenvalue weighted by atomic mass is 16.6. The van der Waals surface area contributed by atoms with E-state index in [4.69, 9.17) is 15.7 Å². The Morgan fingerprint density at radius 3 is 2.79 bits per heavy atom. The van der Waals surface area contributed by atoms with Crippen molar-refractivity contribution in [1.29, 1.82) is 5.26 Å². The molecule has 0 heterocycles. The highest BCUT2D eigenvalue weighted by molar-refractivity contribution is 5.58. The topological polar surface area (TPSA) is 102 Å². The third-order valence-electron chi connectivity index (χ3n) is 3.33. The van der Waals surface area contributed by atoms with Crippen LogP contribution in [-0.4, -0.2) is 17.1 Å². The van der Waals surface area contributed by atoms with Crippen molar-refractivity contribution in [2.75, 3.05) is 0 Å². The lowest BCUT2D eigenvalue weighted by molar-refractivity contribution is -0.386. The van der Waals surface area contributed by atoms with E-state index in [0.29, 0.717) is 0 Å². The Morgan fingerprint density at radius 1 is 1.42 bits per heavy atom. The van der Waals surface area contributed by atoms with Gasteiger partial charge in [-0.1, -0.05) is 12.5 Å². The molecule has 0 bridgehead atoms. The van der Waals surface area contributed by atoms with Gasteiger partial charge in [0.15, 0.2) is 5.75 Å². The summed E-state index contributed by atoms with van der Waals surface area (Å²) in [7, 11) is 0. The van der Waals surface area contributed by atoms with Crippen molar-refractivity contribution in [3.05, 3.63) is 33.9 Å². The molecule has 2 atom stereocenters. The monoisotopic (exact) mass is 261 g/mol. The summed E-state index contributed by atoms with van der Waals surface area (Å²) in [5.74, 6) is 0.131. The molecule has 1 aromatic carbocycles. The fourth-order valence-corrected chi connectivity index (χ4v) is 2.33. The fraction of sp³-hybridized carbons (Fsp3) is 0.462. The molecule has 0 aliphatic heterocycles. The van der Waals surface area contributed by atoms with E-state index in [2.05, 4.69) is 0 Å². The number of nitriles is 1. The molecule has 2 unspecified atom stereocenters. The first-order valence-electron chi connectivity index (χ1n) is 6.23. The van der Waals surface area contributed by atoms with Gasteiger partial charge in [0, 0.05) is 6.04 Å². The lowest BCUT2D eigenvalue weighted by Crippen LogP contribution is -2.41. The number of nitrogens with two attached hydrogens (primary N) is 1. The van der Waals surface area contributed by atoms with Crippen molar-refractivity contribution in [1.82, 2.24) is 0 Å². The molecular formula is C13H15N3O3. The summed E-state index contributed by atoms with van der Waals surface area (Å²) in [6, 6.07) is 6.20. The van der Waals surface area contributed by atoms with E-state index in [0.717, 1.165) is 25.7 Å². The first kappa shape index (κ1) is 13.3. The highest BCUT2D eigenvalue weighted by Crippen LogP contribution is 2.33. The van der Waals surface area contributed by atoms with Crippen LogP contribution in [0.1, 0.15) is 31.2 Å². The maximum absolute atomic E-state index is 11.1. The molecular weight excluding hydrogens is 246 g/mol. The molecule has 1 aliphatic carbocycles. The fourth-order valence-electron chi connectivity index (χ4n) is 2.33. The van der Waals surface area contributed by atoms with E-state index in [1.165, 1.54) is 12.1 Å². The largest absolute Gasteiger partial charge is 0.482 e. The third-order valence-corrected chi connectivity index (χ3v) is 3.33. The Bertz CT molecular complexity index is 524. The van der Waals surface area contributed by atoms with Crippen LogP contribution in [0.3, 0.4) is 0 Å². The number of nitro groups is 1. The summed E-state index contributed by atoms with van der Waals surface area (Å²) in [6.45, 7) is 0. The zero-order chi connectivity index (χ0) is 13.8. The molecule has 0 saturated heterocycles. The predicted octanol–water partition coefficient (Wildman–Crippen LogP) is 2.12. The van der Waals surface area contributed by atoms with Crippen molar-refractivity contribution in [2.45, 2.75) is 37.8 Å². The second-order valence-corrected chi connectivity index (χ2v) is 4.63. The lowest BCUT2D eigenvalue weighted by atomic mass is 9.93. The summed E-state index contributed by atoms with van der Waals surface area (Å²) >= 11 is 0. The van der Waals surface area contributed by atoms with Gasteiger partial charge in [-0.2, -0.15) is 5.26 Å². The molecule has 19 heavy (non-hydrogen) atoms. The van der Waals surface area contributed by atoms with Gasteiger partial charge < -0.3 is 10.5 Å². The van der Waals surface area contributed by atoms with Gasteiger partial charge in [0.05, 0.1) is 4.92 Å². The van der Waals surface area contributed by atoms with Gasteiger partial charge in [0.1, 0.15) is 17.7 Å². The molecule has 1 fully saturated rings. The van der Waals surface area contributed by atoms with E-state index in [1.54, 1.807) is 6.07 Å². The molecule has 6 heteroatoms. The molecule has 0 spiro atoms. The molecule has 6 nitrogen and oxygen atoms in total. The van der Waals surface area contributed by atoms with E-state index in [1.807, 2.05) is 6.07 Å². The van der Waals surface area contributed by atoms with Crippen molar-refractivity contribution in [2.24, 2.45) is 5.73 Å². The molecule has 1 aliphatic rings. The van der Waals surface area contributed by atoms with E-state index < -0.39 is 4.92 Å². The minimum Gasteiger partial charge on any atom is -0.482 e. The summed E-state index contributed by atoms with van der Waals surface area (Å²) in [5, 5.41) is 20.0. The normalized spacial score (nSPS) is 22.5. The quantitative estimate of drug-likeness (QED) is 0.663. The van der Waals surface area contributed by atoms with Gasteiger partial charge in [-0.25, -0.2) is 0 Å². The molecule has 0 aromatic heterocycles. The molecule has 100 valence electrons. The average Bonchev–Trinajstić information content (AvgIpc) is 2.40. The van der Waals surface area contributed by atoms with Gasteiger partial charge in [-0.05, 0) is 31.4 Å². The predicted molar refractivity (Wildman–Crippen MR) is 68.7 cm³/mol. The van der Waals surface area contributed by atoms with Gasteiger partial charge in [0.25, 0.3) is 0 Å². The molecule has 1 aromatic rings. The van der Waals surface area contributed by atoms with Crippen LogP contribution in [0.2, 0.25) is 0 Å². The van der Waals surface area contributed by atoms with Crippen LogP contribution in [-0.2, 0) is 0 Å². The summed E-state index contributed by atoms with van der Waals surface area (Å²) in [4.78, 5) is 10.5. The lowest BCUT2D eigenvalue weighted by Gasteiger charge is -2.28. The van der Waals surface area contributed by atoms with Crippen molar-refractivity contribution in [3.63, 3.8) is 0 Å². The molecule has 0 radical (unpaired) electrons. The zero-order valence-corrected chi connectivity index (χ0v) is 10.4. The summed E-state index contributed by atoms with van der Waals surface area (Å²) < 4.78 is 5.68. The molecule has 2 rings (SSSR count). The van der Waals surface area contributed by atoms with Crippen LogP contribution in [0.15, 0.2) is 18.2 Å². The van der Waals surface area contributed by atoms with E-state index in [9.17, 15) is 10.1 Å². The highest BCUT2D eigenvalue weighted by Gasteiger charge is 2.28. The maximum atomic E-state index is 11.1. The average molecular weight is 261 g/mol. The summed E-state index contributed by atoms with van der Waals surface area (Å²) in [6.07, 6.45) is 3.48. The van der Waals surface area contributed by atoms with Crippen LogP contribution in [0.5, 0.6) is 5.75 Å². The van der Waals surface area contributed by atoms with Gasteiger partial charge in [-0.15, -0.1) is 0 Å². The smallest absolute Gasteiger partial charge is 0.328 e. The van der Waals surface area contributed by atoms with Gasteiger partial charge in [0.2, 0.25) is 0 Å². The van der Waals surface area contributed by atoms with Gasteiger partial charge in [-0.3, -0.25) is 10.1 Å². The first-order chi connectivity index (χ1) is 9.13. The SMILES string of the molecule is N#Cc1cccc(OC2CCCCC2N)c1[N+](=O)[O-]. The Hall–Kier alpha value is -2.13. The third kappa shape index (κ3) is 2.83. The van der Waals surface area contributed by atoms with Crippen LogP contribution < -0.4 is 10.5 Å². The van der Waals surface area contributed by atoms with E-state index >= 15 is 0 Å². The minimum atomic E-state index is -0.581. The number of para-hydroxylation sites is 1. The zero-order valence-electron chi connectivity index (χ0n) is 10.4. The Morgan fingerprint density at radius 2 is 2.16 bits per heavy atom. The molecule has 0 amide bonds. The number of nitro benzene ring substituents is 1. The minimum absolute atomic E-state index is 0.00637.